The van der Waals surface area contributed by atoms with Crippen LogP contribution in [0.2, 0.25) is 0 Å². The Bertz CT molecular complexity index is 423. The molecule has 0 radical (unpaired) electrons. The molecule has 6 heteroatoms. The van der Waals surface area contributed by atoms with Gasteiger partial charge >= 0.3 is 0 Å². The van der Waals surface area contributed by atoms with Gasteiger partial charge < -0.3 is 0 Å². The van der Waals surface area contributed by atoms with Crippen LogP contribution < -0.4 is 0 Å². The first-order chi connectivity index (χ1) is 7.56. The van der Waals surface area contributed by atoms with Crippen molar-refractivity contribution in [2.24, 2.45) is 0 Å². The van der Waals surface area contributed by atoms with E-state index in [0.717, 1.165) is 4.90 Å². The smallest absolute Gasteiger partial charge is 0.270 e. The summed E-state index contributed by atoms with van der Waals surface area (Å²) in [5, 5.41) is 10.9. The third-order valence-corrected chi connectivity index (χ3v) is 3.28. The number of rotatable bonds is 5. The summed E-state index contributed by atoms with van der Waals surface area (Å²) in [7, 11) is 0. The molecule has 0 bridgehead atoms. The van der Waals surface area contributed by atoms with Crippen LogP contribution in [0.3, 0.4) is 0 Å². The van der Waals surface area contributed by atoms with E-state index in [2.05, 4.69) is 15.9 Å². The summed E-state index contributed by atoms with van der Waals surface area (Å²) in [6, 6.07) is 4.76. The summed E-state index contributed by atoms with van der Waals surface area (Å²) in [6.45, 7) is 0. The number of halogens is 1. The Morgan fingerprint density at radius 1 is 1.50 bits per heavy atom. The van der Waals surface area contributed by atoms with Gasteiger partial charge in [-0.15, -0.1) is 11.8 Å². The van der Waals surface area contributed by atoms with Gasteiger partial charge in [0.05, 0.1) is 10.3 Å². The number of ketones is 1. The molecule has 16 heavy (non-hydrogen) atoms. The second kappa shape index (κ2) is 6.00. The SMILES string of the molecule is CSc1cc(CC(=O)CBr)cc([N+](=O)[O-])c1. The highest BCUT2D eigenvalue weighted by Gasteiger charge is 2.11. The fourth-order valence-electron chi connectivity index (χ4n) is 1.24. The zero-order valence-electron chi connectivity index (χ0n) is 8.60. The summed E-state index contributed by atoms with van der Waals surface area (Å²) in [4.78, 5) is 22.3. The van der Waals surface area contributed by atoms with Gasteiger partial charge in [-0.05, 0) is 17.9 Å². The molecule has 0 unspecified atom stereocenters. The lowest BCUT2D eigenvalue weighted by Crippen LogP contribution is -2.04. The Labute approximate surface area is 106 Å². The number of carbonyl (C=O) groups is 1. The van der Waals surface area contributed by atoms with Gasteiger partial charge in [0.1, 0.15) is 5.78 Å². The quantitative estimate of drug-likeness (QED) is 0.363. The molecule has 0 N–H and O–H groups in total. The molecule has 1 aromatic rings. The molecular formula is C10H10BrNO3S. The lowest BCUT2D eigenvalue weighted by atomic mass is 10.1. The van der Waals surface area contributed by atoms with E-state index in [0.29, 0.717) is 5.56 Å². The number of hydrogen-bond acceptors (Lipinski definition) is 4. The molecule has 0 aliphatic rings. The van der Waals surface area contributed by atoms with Gasteiger partial charge in [0.25, 0.3) is 5.69 Å². The van der Waals surface area contributed by atoms with Crippen molar-refractivity contribution in [2.45, 2.75) is 11.3 Å². The summed E-state index contributed by atoms with van der Waals surface area (Å²) >= 11 is 4.49. The topological polar surface area (TPSA) is 60.2 Å². The van der Waals surface area contributed by atoms with E-state index in [-0.39, 0.29) is 23.2 Å². The number of non-ortho nitro benzene ring substituents is 1. The number of hydrogen-bond donors (Lipinski definition) is 0. The highest BCUT2D eigenvalue weighted by molar-refractivity contribution is 9.09. The second-order valence-electron chi connectivity index (χ2n) is 3.15. The van der Waals surface area contributed by atoms with E-state index in [4.69, 9.17) is 0 Å². The first kappa shape index (κ1) is 13.2. The number of Topliss-reactive ketones (excluding diaryl/α,β-unsaturated/α-hetero) is 1. The summed E-state index contributed by atoms with van der Waals surface area (Å²) in [5.74, 6) is 0.00699. The maximum atomic E-state index is 11.2. The van der Waals surface area contributed by atoms with Crippen LogP contribution in [-0.4, -0.2) is 22.3 Å². The normalized spacial score (nSPS) is 10.1. The highest BCUT2D eigenvalue weighted by atomic mass is 79.9. The zero-order chi connectivity index (χ0) is 12.1. The third kappa shape index (κ3) is 3.61. The van der Waals surface area contributed by atoms with Crippen LogP contribution in [0.25, 0.3) is 0 Å². The number of nitro groups is 1. The van der Waals surface area contributed by atoms with Crippen LogP contribution in [0.5, 0.6) is 0 Å². The minimum Gasteiger partial charge on any atom is -0.298 e. The minimum absolute atomic E-state index is 0.00699. The molecule has 86 valence electrons. The molecule has 0 atom stereocenters. The fourth-order valence-corrected chi connectivity index (χ4v) is 1.95. The van der Waals surface area contributed by atoms with Crippen molar-refractivity contribution in [1.29, 1.82) is 0 Å². The monoisotopic (exact) mass is 303 g/mol. The van der Waals surface area contributed by atoms with Crippen LogP contribution in [0.1, 0.15) is 5.56 Å². The molecule has 1 rings (SSSR count). The molecule has 0 saturated carbocycles. The average molecular weight is 304 g/mol. The van der Waals surface area contributed by atoms with Crippen LogP contribution in [0, 0.1) is 10.1 Å². The summed E-state index contributed by atoms with van der Waals surface area (Å²) < 4.78 is 0. The van der Waals surface area contributed by atoms with Gasteiger partial charge in [0.2, 0.25) is 0 Å². The number of alkyl halides is 1. The van der Waals surface area contributed by atoms with E-state index in [1.165, 1.54) is 23.9 Å². The molecule has 0 amide bonds. The van der Waals surface area contributed by atoms with Crippen molar-refractivity contribution in [3.05, 3.63) is 33.9 Å². The van der Waals surface area contributed by atoms with Gasteiger partial charge in [0.15, 0.2) is 0 Å². The molecular weight excluding hydrogens is 294 g/mol. The maximum Gasteiger partial charge on any atom is 0.270 e. The highest BCUT2D eigenvalue weighted by Crippen LogP contribution is 2.24. The minimum atomic E-state index is -0.443. The Kier molecular flexibility index (Phi) is 4.95. The molecule has 0 fully saturated rings. The van der Waals surface area contributed by atoms with E-state index < -0.39 is 4.92 Å². The molecule has 0 aromatic heterocycles. The molecule has 0 aliphatic heterocycles. The Balaban J connectivity index is 3.04. The number of thioether (sulfide) groups is 1. The first-order valence-corrected chi connectivity index (χ1v) is 6.81. The summed E-state index contributed by atoms with van der Waals surface area (Å²) in [5.41, 5.74) is 0.715. The van der Waals surface area contributed by atoms with Gasteiger partial charge in [-0.3, -0.25) is 14.9 Å². The van der Waals surface area contributed by atoms with Crippen molar-refractivity contribution in [2.75, 3.05) is 11.6 Å². The van der Waals surface area contributed by atoms with Gasteiger partial charge in [-0.1, -0.05) is 15.9 Å². The molecule has 0 heterocycles. The number of benzene rings is 1. The van der Waals surface area contributed by atoms with Crippen LogP contribution in [0.15, 0.2) is 23.1 Å². The van der Waals surface area contributed by atoms with Crippen molar-refractivity contribution >= 4 is 39.2 Å². The predicted octanol–water partition coefficient (Wildman–Crippen LogP) is 2.82. The standard InChI is InChI=1S/C10H10BrNO3S/c1-16-10-4-7(3-9(13)6-11)2-8(5-10)12(14)15/h2,4-5H,3,6H2,1H3. The van der Waals surface area contributed by atoms with E-state index in [9.17, 15) is 14.9 Å². The van der Waals surface area contributed by atoms with Crippen LogP contribution in [-0.2, 0) is 11.2 Å². The third-order valence-electron chi connectivity index (χ3n) is 1.95. The van der Waals surface area contributed by atoms with Crippen LogP contribution in [0.4, 0.5) is 5.69 Å². The van der Waals surface area contributed by atoms with Crippen molar-refractivity contribution in [3.8, 4) is 0 Å². The maximum absolute atomic E-state index is 11.2. The summed E-state index contributed by atoms with van der Waals surface area (Å²) in [6.07, 6.45) is 2.07. The second-order valence-corrected chi connectivity index (χ2v) is 4.59. The Morgan fingerprint density at radius 2 is 2.19 bits per heavy atom. The van der Waals surface area contributed by atoms with Crippen molar-refractivity contribution < 1.29 is 9.72 Å². The fraction of sp³-hybridized carbons (Fsp3) is 0.300. The van der Waals surface area contributed by atoms with E-state index in [1.807, 2.05) is 6.26 Å². The average Bonchev–Trinajstić information content (AvgIpc) is 2.28. The lowest BCUT2D eigenvalue weighted by Gasteiger charge is -2.02. The lowest BCUT2D eigenvalue weighted by molar-refractivity contribution is -0.385. The van der Waals surface area contributed by atoms with Crippen molar-refractivity contribution in [3.63, 3.8) is 0 Å². The van der Waals surface area contributed by atoms with E-state index >= 15 is 0 Å². The van der Waals surface area contributed by atoms with Gasteiger partial charge in [-0.25, -0.2) is 0 Å². The Hall–Kier alpha value is -0.880. The van der Waals surface area contributed by atoms with E-state index in [1.54, 1.807) is 6.07 Å². The largest absolute Gasteiger partial charge is 0.298 e. The molecule has 0 aliphatic carbocycles. The molecule has 4 nitrogen and oxygen atoms in total. The first-order valence-electron chi connectivity index (χ1n) is 4.47. The van der Waals surface area contributed by atoms with Gasteiger partial charge in [-0.2, -0.15) is 0 Å². The van der Waals surface area contributed by atoms with Gasteiger partial charge in [0, 0.05) is 23.4 Å². The molecule has 0 spiro atoms. The number of nitrogens with zero attached hydrogens (tertiary/aromatic N) is 1. The van der Waals surface area contributed by atoms with Crippen LogP contribution >= 0.6 is 27.7 Å². The predicted molar refractivity (Wildman–Crippen MR) is 67.4 cm³/mol. The van der Waals surface area contributed by atoms with Crippen molar-refractivity contribution in [1.82, 2.24) is 0 Å². The number of carbonyl (C=O) groups excluding carboxylic acids is 1. The zero-order valence-corrected chi connectivity index (χ0v) is 11.0. The Morgan fingerprint density at radius 3 is 2.69 bits per heavy atom. The molecule has 1 aromatic carbocycles. The number of nitro benzene ring substituents is 1. The molecule has 0 saturated heterocycles.